The topological polar surface area (TPSA) is 3.24 Å². The van der Waals surface area contributed by atoms with Crippen molar-refractivity contribution in [1.82, 2.24) is 0 Å². The fourth-order valence-electron chi connectivity index (χ4n) is 4.68. The quantitative estimate of drug-likeness (QED) is 0.672. The molecule has 0 saturated heterocycles. The van der Waals surface area contributed by atoms with E-state index in [0.29, 0.717) is 0 Å². The summed E-state index contributed by atoms with van der Waals surface area (Å²) in [5.41, 5.74) is 4.73. The molecular weight excluding hydrogens is 254 g/mol. The first-order valence-corrected chi connectivity index (χ1v) is 8.12. The molecule has 4 rings (SSSR count). The summed E-state index contributed by atoms with van der Waals surface area (Å²) in [6.45, 7) is 4.95. The molecule has 1 heteroatoms. The van der Waals surface area contributed by atoms with E-state index in [4.69, 9.17) is 0 Å². The number of nitrogens with zero attached hydrogens (tertiary/aromatic N) is 1. The number of hydrogen-bond acceptors (Lipinski definition) is 1. The molecule has 1 fully saturated rings. The van der Waals surface area contributed by atoms with Crippen molar-refractivity contribution in [2.75, 3.05) is 4.90 Å². The summed E-state index contributed by atoms with van der Waals surface area (Å²) in [7, 11) is 0. The molecule has 0 spiro atoms. The third-order valence-corrected chi connectivity index (χ3v) is 6.03. The van der Waals surface area contributed by atoms with Gasteiger partial charge in [-0.05, 0) is 43.5 Å². The van der Waals surface area contributed by atoms with Crippen LogP contribution in [0.25, 0.3) is 0 Å². The molecule has 108 valence electrons. The second-order valence-electron chi connectivity index (χ2n) is 7.00. The smallest absolute Gasteiger partial charge is 0.0517 e. The summed E-state index contributed by atoms with van der Waals surface area (Å²) in [5.74, 6) is 0. The predicted octanol–water partition coefficient (Wildman–Crippen LogP) is 5.43. The molecule has 0 N–H and O–H groups in total. The van der Waals surface area contributed by atoms with Gasteiger partial charge in [0.25, 0.3) is 0 Å². The number of para-hydroxylation sites is 2. The molecule has 2 unspecified atom stereocenters. The lowest BCUT2D eigenvalue weighted by Crippen LogP contribution is -2.54. The lowest BCUT2D eigenvalue weighted by molar-refractivity contribution is 0.195. The molecule has 2 aromatic rings. The molecule has 2 aromatic carbocycles. The van der Waals surface area contributed by atoms with E-state index in [0.717, 1.165) is 0 Å². The van der Waals surface area contributed by atoms with Crippen LogP contribution in [0.15, 0.2) is 54.6 Å². The Morgan fingerprint density at radius 1 is 0.810 bits per heavy atom. The lowest BCUT2D eigenvalue weighted by atomic mass is 9.61. The van der Waals surface area contributed by atoms with Gasteiger partial charge in [-0.3, -0.25) is 0 Å². The summed E-state index contributed by atoms with van der Waals surface area (Å²) < 4.78 is 0. The third-order valence-electron chi connectivity index (χ3n) is 6.03. The Balaban J connectivity index is 1.97. The number of benzene rings is 2. The minimum Gasteiger partial charge on any atom is -0.334 e. The minimum absolute atomic E-state index is 0.191. The van der Waals surface area contributed by atoms with Crippen molar-refractivity contribution in [3.05, 3.63) is 60.2 Å². The fraction of sp³-hybridized carbons (Fsp3) is 0.400. The predicted molar refractivity (Wildman–Crippen MR) is 89.2 cm³/mol. The summed E-state index contributed by atoms with van der Waals surface area (Å²) in [4.78, 5) is 2.61. The van der Waals surface area contributed by atoms with Gasteiger partial charge in [-0.2, -0.15) is 0 Å². The van der Waals surface area contributed by atoms with E-state index in [-0.39, 0.29) is 11.0 Å². The van der Waals surface area contributed by atoms with Gasteiger partial charge >= 0.3 is 0 Å². The number of rotatable bonds is 1. The Morgan fingerprint density at radius 2 is 1.48 bits per heavy atom. The van der Waals surface area contributed by atoms with Crippen LogP contribution >= 0.6 is 0 Å². The van der Waals surface area contributed by atoms with Crippen molar-refractivity contribution in [3.63, 3.8) is 0 Å². The van der Waals surface area contributed by atoms with Crippen molar-refractivity contribution >= 4 is 11.4 Å². The lowest BCUT2D eigenvalue weighted by Gasteiger charge is -2.50. The van der Waals surface area contributed by atoms with Gasteiger partial charge in [-0.1, -0.05) is 56.2 Å². The Hall–Kier alpha value is -1.76. The summed E-state index contributed by atoms with van der Waals surface area (Å²) in [6.07, 6.45) is 5.25. The van der Waals surface area contributed by atoms with Gasteiger partial charge in [0.1, 0.15) is 0 Å². The molecule has 0 bridgehead atoms. The van der Waals surface area contributed by atoms with E-state index in [9.17, 15) is 0 Å². The van der Waals surface area contributed by atoms with Crippen LogP contribution in [-0.2, 0) is 5.41 Å². The number of hydrogen-bond donors (Lipinski definition) is 0. The highest BCUT2D eigenvalue weighted by atomic mass is 15.2. The molecule has 1 saturated carbocycles. The summed E-state index contributed by atoms with van der Waals surface area (Å²) >= 11 is 0. The molecule has 0 radical (unpaired) electrons. The molecule has 0 amide bonds. The van der Waals surface area contributed by atoms with Crippen molar-refractivity contribution in [3.8, 4) is 0 Å². The molecule has 21 heavy (non-hydrogen) atoms. The van der Waals surface area contributed by atoms with Crippen LogP contribution in [0.2, 0.25) is 0 Å². The van der Waals surface area contributed by atoms with E-state index in [1.165, 1.54) is 42.6 Å². The average Bonchev–Trinajstić information content (AvgIpc) is 2.73. The van der Waals surface area contributed by atoms with E-state index < -0.39 is 0 Å². The first-order valence-electron chi connectivity index (χ1n) is 8.12. The Kier molecular flexibility index (Phi) is 2.69. The highest BCUT2D eigenvalue weighted by Crippen LogP contribution is 2.60. The zero-order valence-electron chi connectivity index (χ0n) is 13.0. The van der Waals surface area contributed by atoms with Crippen molar-refractivity contribution in [2.24, 2.45) is 0 Å². The maximum absolute atomic E-state index is 2.61. The molecule has 1 aliphatic carbocycles. The van der Waals surface area contributed by atoms with Crippen LogP contribution in [0.3, 0.4) is 0 Å². The van der Waals surface area contributed by atoms with E-state index in [1.54, 1.807) is 0 Å². The van der Waals surface area contributed by atoms with Crippen LogP contribution in [0.1, 0.15) is 45.1 Å². The molecule has 1 nitrogen and oxygen atoms in total. The monoisotopic (exact) mass is 277 g/mol. The second-order valence-corrected chi connectivity index (χ2v) is 7.00. The number of fused-ring (bicyclic) bond motifs is 3. The van der Waals surface area contributed by atoms with E-state index >= 15 is 0 Å². The average molecular weight is 277 g/mol. The Bertz CT molecular complexity index is 663. The summed E-state index contributed by atoms with van der Waals surface area (Å²) in [6, 6.07) is 19.9. The van der Waals surface area contributed by atoms with E-state index in [1.807, 2.05) is 0 Å². The minimum atomic E-state index is 0.191. The summed E-state index contributed by atoms with van der Waals surface area (Å²) in [5, 5.41) is 0. The molecule has 0 aromatic heterocycles. The highest BCUT2D eigenvalue weighted by Gasteiger charge is 2.57. The van der Waals surface area contributed by atoms with Gasteiger partial charge in [0.15, 0.2) is 0 Å². The van der Waals surface area contributed by atoms with Crippen LogP contribution in [-0.4, -0.2) is 5.54 Å². The SMILES string of the molecule is CC12CCCCC1(C)N(c1ccccc1)c1ccccc12. The normalized spacial score (nSPS) is 30.9. The molecule has 1 aliphatic heterocycles. The van der Waals surface area contributed by atoms with Crippen LogP contribution in [0, 0.1) is 0 Å². The van der Waals surface area contributed by atoms with Crippen LogP contribution < -0.4 is 4.90 Å². The van der Waals surface area contributed by atoms with Gasteiger partial charge in [-0.25, -0.2) is 0 Å². The standard InChI is InChI=1S/C20H23N/c1-19-14-8-9-15-20(19,2)21(16-10-4-3-5-11-16)18-13-7-6-12-17(18)19/h3-7,10-13H,8-9,14-15H2,1-2H3. The number of anilines is 2. The zero-order valence-corrected chi connectivity index (χ0v) is 13.0. The fourth-order valence-corrected chi connectivity index (χ4v) is 4.68. The van der Waals surface area contributed by atoms with Crippen LogP contribution in [0.5, 0.6) is 0 Å². The maximum Gasteiger partial charge on any atom is 0.0517 e. The van der Waals surface area contributed by atoms with Crippen molar-refractivity contribution in [1.29, 1.82) is 0 Å². The maximum atomic E-state index is 2.61. The third kappa shape index (κ3) is 1.58. The Labute approximate surface area is 127 Å². The molecular formula is C20H23N. The molecule has 1 heterocycles. The van der Waals surface area contributed by atoms with Gasteiger partial charge in [0.2, 0.25) is 0 Å². The van der Waals surface area contributed by atoms with E-state index in [2.05, 4.69) is 73.3 Å². The first kappa shape index (κ1) is 12.9. The zero-order chi connectivity index (χ0) is 14.5. The molecule has 2 aliphatic rings. The highest BCUT2D eigenvalue weighted by molar-refractivity contribution is 5.76. The molecule has 2 atom stereocenters. The first-order chi connectivity index (χ1) is 10.2. The second kappa shape index (κ2) is 4.37. The van der Waals surface area contributed by atoms with Gasteiger partial charge in [-0.15, -0.1) is 0 Å². The largest absolute Gasteiger partial charge is 0.334 e. The van der Waals surface area contributed by atoms with Gasteiger partial charge in [0.05, 0.1) is 5.54 Å². The van der Waals surface area contributed by atoms with Gasteiger partial charge in [0, 0.05) is 16.8 Å². The van der Waals surface area contributed by atoms with Gasteiger partial charge < -0.3 is 4.90 Å². The van der Waals surface area contributed by atoms with Crippen molar-refractivity contribution < 1.29 is 0 Å². The van der Waals surface area contributed by atoms with Crippen molar-refractivity contribution in [2.45, 2.75) is 50.5 Å². The van der Waals surface area contributed by atoms with Crippen LogP contribution in [0.4, 0.5) is 11.4 Å². The Morgan fingerprint density at radius 3 is 2.29 bits per heavy atom.